The fourth-order valence-corrected chi connectivity index (χ4v) is 0.232. The second kappa shape index (κ2) is 4.02. The number of hydrogen-bond acceptors (Lipinski definition) is 2. The molecule has 0 atom stereocenters. The lowest BCUT2D eigenvalue weighted by Gasteiger charge is -1.88. The summed E-state index contributed by atoms with van der Waals surface area (Å²) in [4.78, 5) is 22.2. The number of aliphatic imine (C=N–C) groups is 1. The maximum atomic E-state index is 10.1. The van der Waals surface area contributed by atoms with E-state index in [1.165, 1.54) is 0 Å². The predicted molar refractivity (Wildman–Crippen MR) is 27.2 cm³/mol. The molecule has 0 aliphatic rings. The Morgan fingerprint density at radius 1 is 1.88 bits per heavy atom. The van der Waals surface area contributed by atoms with Gasteiger partial charge in [-0.2, -0.15) is 0 Å². The molecule has 0 bridgehead atoms. The molecule has 0 rings (SSSR count). The van der Waals surface area contributed by atoms with Crippen molar-refractivity contribution in [2.45, 2.75) is 6.92 Å². The van der Waals surface area contributed by atoms with Crippen molar-refractivity contribution in [2.24, 2.45) is 4.99 Å². The first-order valence-electron chi connectivity index (χ1n) is 2.17. The number of nitrogens with one attached hydrogen (secondary N) is 1. The average Bonchev–Trinajstić information content (AvgIpc) is 1.68. The molecule has 2 amide bonds. The zero-order chi connectivity index (χ0) is 6.41. The van der Waals surface area contributed by atoms with Gasteiger partial charge in [0.25, 0.3) is 0 Å². The lowest BCUT2D eigenvalue weighted by atomic mass is 10.7. The third-order valence-corrected chi connectivity index (χ3v) is 0.475. The van der Waals surface area contributed by atoms with Crippen LogP contribution in [-0.4, -0.2) is 18.7 Å². The summed E-state index contributed by atoms with van der Waals surface area (Å²) in [6.07, 6.45) is 1.12. The van der Waals surface area contributed by atoms with Gasteiger partial charge in [-0.05, 0) is 6.92 Å². The van der Waals surface area contributed by atoms with E-state index in [0.717, 1.165) is 6.08 Å². The first kappa shape index (κ1) is 6.85. The van der Waals surface area contributed by atoms with Gasteiger partial charge in [0, 0.05) is 6.54 Å². The van der Waals surface area contributed by atoms with Crippen LogP contribution in [0.2, 0.25) is 0 Å². The number of urea groups is 1. The largest absolute Gasteiger partial charge is 0.351 e. The smallest absolute Gasteiger partial charge is 0.336 e. The molecule has 0 saturated heterocycles. The Labute approximate surface area is 46.6 Å². The second-order valence-corrected chi connectivity index (χ2v) is 1.04. The van der Waals surface area contributed by atoms with Gasteiger partial charge in [-0.15, -0.1) is 4.99 Å². The summed E-state index contributed by atoms with van der Waals surface area (Å²) in [5.74, 6) is 0. The first-order valence-corrected chi connectivity index (χ1v) is 2.17. The van der Waals surface area contributed by atoms with Gasteiger partial charge < -0.3 is 5.32 Å². The number of rotatable bonds is 1. The molecule has 0 heterocycles. The predicted octanol–water partition coefficient (Wildman–Crippen LogP) is 0.0517. The molecule has 0 unspecified atom stereocenters. The maximum absolute atomic E-state index is 10.1. The quantitative estimate of drug-likeness (QED) is 0.387. The number of carbonyl (C=O) groups excluding carboxylic acids is 2. The number of amides is 2. The number of carbonyl (C=O) groups is 1. The highest BCUT2D eigenvalue weighted by atomic mass is 16.2. The van der Waals surface area contributed by atoms with Crippen LogP contribution in [0.15, 0.2) is 4.99 Å². The topological polar surface area (TPSA) is 58.5 Å². The van der Waals surface area contributed by atoms with Crippen LogP contribution < -0.4 is 5.32 Å². The molecule has 8 heavy (non-hydrogen) atoms. The third-order valence-electron chi connectivity index (χ3n) is 0.475. The van der Waals surface area contributed by atoms with E-state index in [2.05, 4.69) is 10.3 Å². The fourth-order valence-electron chi connectivity index (χ4n) is 0.232. The van der Waals surface area contributed by atoms with Crippen LogP contribution in [-0.2, 0) is 4.79 Å². The maximum Gasteiger partial charge on any atom is 0.351 e. The van der Waals surface area contributed by atoms with Crippen LogP contribution in [0.25, 0.3) is 0 Å². The number of nitrogens with zero attached hydrogens (tertiary/aromatic N) is 1. The van der Waals surface area contributed by atoms with Crippen molar-refractivity contribution in [1.82, 2.24) is 5.32 Å². The summed E-state index contributed by atoms with van der Waals surface area (Å²) in [7, 11) is 0. The van der Waals surface area contributed by atoms with E-state index in [-0.39, 0.29) is 0 Å². The summed E-state index contributed by atoms with van der Waals surface area (Å²) in [5.41, 5.74) is 0. The summed E-state index contributed by atoms with van der Waals surface area (Å²) in [6.45, 7) is 2.21. The van der Waals surface area contributed by atoms with E-state index in [1.54, 1.807) is 6.92 Å². The number of isocyanates is 1. The van der Waals surface area contributed by atoms with Gasteiger partial charge in [0.15, 0.2) is 0 Å². The Kier molecular flexibility index (Phi) is 3.44. The standard InChI is InChI=1S/C4H6N2O2/c1-2-5-4(8)6-3-7/h2H2,1H3,(H,5,8). The average molecular weight is 114 g/mol. The van der Waals surface area contributed by atoms with E-state index in [9.17, 15) is 9.59 Å². The molecule has 0 aromatic rings. The zero-order valence-electron chi connectivity index (χ0n) is 4.47. The molecule has 0 radical (unpaired) electrons. The van der Waals surface area contributed by atoms with Gasteiger partial charge in [0.1, 0.15) is 0 Å². The van der Waals surface area contributed by atoms with Gasteiger partial charge in [-0.1, -0.05) is 0 Å². The molecule has 44 valence electrons. The molecule has 0 fully saturated rings. The molecule has 4 heteroatoms. The molecule has 1 N–H and O–H groups in total. The van der Waals surface area contributed by atoms with Crippen LogP contribution >= 0.6 is 0 Å². The molecule has 0 aliphatic carbocycles. The minimum absolute atomic E-state index is 0.476. The Bertz CT molecular complexity index is 126. The van der Waals surface area contributed by atoms with E-state index < -0.39 is 6.03 Å². The van der Waals surface area contributed by atoms with Crippen LogP contribution in [0.5, 0.6) is 0 Å². The van der Waals surface area contributed by atoms with Crippen molar-refractivity contribution in [3.63, 3.8) is 0 Å². The Morgan fingerprint density at radius 2 is 2.50 bits per heavy atom. The van der Waals surface area contributed by atoms with E-state index >= 15 is 0 Å². The summed E-state index contributed by atoms with van der Waals surface area (Å²) in [5, 5.41) is 2.28. The minimum Gasteiger partial charge on any atom is -0.336 e. The zero-order valence-corrected chi connectivity index (χ0v) is 4.47. The molecule has 0 aromatic heterocycles. The van der Waals surface area contributed by atoms with E-state index in [1.807, 2.05) is 0 Å². The van der Waals surface area contributed by atoms with Gasteiger partial charge in [-0.3, -0.25) is 0 Å². The first-order chi connectivity index (χ1) is 3.81. The summed E-state index contributed by atoms with van der Waals surface area (Å²) in [6, 6.07) is -0.637. The van der Waals surface area contributed by atoms with Crippen molar-refractivity contribution in [2.75, 3.05) is 6.54 Å². The van der Waals surface area contributed by atoms with Crippen molar-refractivity contribution in [3.05, 3.63) is 0 Å². The molecule has 0 aromatic carbocycles. The van der Waals surface area contributed by atoms with Crippen LogP contribution in [0, 0.1) is 0 Å². The van der Waals surface area contributed by atoms with Crippen LogP contribution in [0.4, 0.5) is 4.79 Å². The van der Waals surface area contributed by atoms with Gasteiger partial charge in [0.2, 0.25) is 6.08 Å². The van der Waals surface area contributed by atoms with Crippen molar-refractivity contribution >= 4 is 12.1 Å². The third kappa shape index (κ3) is 3.06. The van der Waals surface area contributed by atoms with Crippen molar-refractivity contribution < 1.29 is 9.59 Å². The normalized spacial score (nSPS) is 7.12. The lowest BCUT2D eigenvalue weighted by molar-refractivity contribution is 0.249. The Hall–Kier alpha value is -1.15. The highest BCUT2D eigenvalue weighted by Crippen LogP contribution is 1.66. The van der Waals surface area contributed by atoms with Gasteiger partial charge in [-0.25, -0.2) is 9.59 Å². The summed E-state index contributed by atoms with van der Waals surface area (Å²) < 4.78 is 0. The molecule has 4 nitrogen and oxygen atoms in total. The van der Waals surface area contributed by atoms with Crippen LogP contribution in [0.3, 0.4) is 0 Å². The second-order valence-electron chi connectivity index (χ2n) is 1.04. The van der Waals surface area contributed by atoms with Gasteiger partial charge >= 0.3 is 6.03 Å². The van der Waals surface area contributed by atoms with E-state index in [4.69, 9.17) is 0 Å². The molecule has 0 aliphatic heterocycles. The highest BCUT2D eigenvalue weighted by Gasteiger charge is 1.88. The van der Waals surface area contributed by atoms with Crippen molar-refractivity contribution in [3.8, 4) is 0 Å². The fraction of sp³-hybridized carbons (Fsp3) is 0.500. The SMILES string of the molecule is CCNC(=O)N=C=O. The molecule has 0 spiro atoms. The summed E-state index contributed by atoms with van der Waals surface area (Å²) >= 11 is 0. The molecular formula is C4H6N2O2. The van der Waals surface area contributed by atoms with Crippen LogP contribution in [0.1, 0.15) is 6.92 Å². The highest BCUT2D eigenvalue weighted by molar-refractivity contribution is 5.79. The molecule has 0 saturated carbocycles. The Balaban J connectivity index is 3.49. The molecular weight excluding hydrogens is 108 g/mol. The minimum atomic E-state index is -0.637. The lowest BCUT2D eigenvalue weighted by Crippen LogP contribution is -2.17. The van der Waals surface area contributed by atoms with E-state index in [0.29, 0.717) is 6.54 Å². The Morgan fingerprint density at radius 3 is 2.88 bits per heavy atom. The van der Waals surface area contributed by atoms with Crippen molar-refractivity contribution in [1.29, 1.82) is 0 Å². The number of hydrogen-bond donors (Lipinski definition) is 1. The monoisotopic (exact) mass is 114 g/mol. The van der Waals surface area contributed by atoms with Gasteiger partial charge in [0.05, 0.1) is 0 Å².